The smallest absolute Gasteiger partial charge is 0.198 e. The normalized spacial score (nSPS) is 29.4. The lowest BCUT2D eigenvalue weighted by Crippen LogP contribution is -2.16. The Bertz CT molecular complexity index is 240. The summed E-state index contributed by atoms with van der Waals surface area (Å²) in [6, 6.07) is 0. The molecule has 4 heteroatoms. The first-order valence-corrected chi connectivity index (χ1v) is 5.36. The van der Waals surface area contributed by atoms with Crippen molar-refractivity contribution in [2.45, 2.75) is 25.2 Å². The second kappa shape index (κ2) is 3.26. The molecule has 1 fully saturated rings. The monoisotopic (exact) mass is 176 g/mol. The van der Waals surface area contributed by atoms with E-state index in [0.717, 1.165) is 6.42 Å². The van der Waals surface area contributed by atoms with E-state index in [-0.39, 0.29) is 5.75 Å². The first-order valence-electron chi connectivity index (χ1n) is 3.65. The van der Waals surface area contributed by atoms with Crippen molar-refractivity contribution in [1.29, 1.82) is 0 Å². The van der Waals surface area contributed by atoms with E-state index in [4.69, 9.17) is 4.74 Å². The zero-order valence-electron chi connectivity index (χ0n) is 6.49. The van der Waals surface area contributed by atoms with Crippen LogP contribution in [0.15, 0.2) is 12.3 Å². The molecule has 0 aliphatic carbocycles. The van der Waals surface area contributed by atoms with Crippen molar-refractivity contribution in [1.82, 2.24) is 0 Å². The van der Waals surface area contributed by atoms with Crippen LogP contribution in [0.2, 0.25) is 0 Å². The van der Waals surface area contributed by atoms with Crippen molar-refractivity contribution < 1.29 is 13.2 Å². The van der Waals surface area contributed by atoms with Gasteiger partial charge in [0.25, 0.3) is 0 Å². The van der Waals surface area contributed by atoms with Crippen LogP contribution in [0.4, 0.5) is 0 Å². The van der Waals surface area contributed by atoms with Gasteiger partial charge in [-0.15, -0.1) is 0 Å². The third-order valence-electron chi connectivity index (χ3n) is 1.64. The fourth-order valence-electron chi connectivity index (χ4n) is 1.08. The van der Waals surface area contributed by atoms with Gasteiger partial charge in [0, 0.05) is 0 Å². The molecule has 0 aromatic carbocycles. The summed E-state index contributed by atoms with van der Waals surface area (Å²) < 4.78 is 27.2. The summed E-state index contributed by atoms with van der Waals surface area (Å²) in [4.78, 5) is 0. The third-order valence-corrected chi connectivity index (χ3v) is 3.64. The van der Waals surface area contributed by atoms with Gasteiger partial charge in [0.1, 0.15) is 0 Å². The van der Waals surface area contributed by atoms with E-state index >= 15 is 0 Å². The molecule has 1 saturated heterocycles. The molecule has 0 amide bonds. The summed E-state index contributed by atoms with van der Waals surface area (Å²) in [5.74, 6) is 0.273. The highest BCUT2D eigenvalue weighted by Crippen LogP contribution is 2.20. The molecule has 64 valence electrons. The van der Waals surface area contributed by atoms with Crippen LogP contribution >= 0.6 is 0 Å². The molecule has 0 spiro atoms. The molecule has 1 aliphatic heterocycles. The summed E-state index contributed by atoms with van der Waals surface area (Å²) in [5, 5.41) is 0. The van der Waals surface area contributed by atoms with Crippen LogP contribution in [0.25, 0.3) is 0 Å². The van der Waals surface area contributed by atoms with E-state index < -0.39 is 15.3 Å². The van der Waals surface area contributed by atoms with Gasteiger partial charge < -0.3 is 4.74 Å². The highest BCUT2D eigenvalue weighted by atomic mass is 32.2. The van der Waals surface area contributed by atoms with Crippen LogP contribution in [0.1, 0.15) is 19.8 Å². The zero-order valence-corrected chi connectivity index (χ0v) is 7.30. The zero-order chi connectivity index (χ0) is 8.32. The first kappa shape index (κ1) is 8.59. The van der Waals surface area contributed by atoms with Gasteiger partial charge in [-0.05, 0) is 19.8 Å². The fraction of sp³-hybridized carbons (Fsp3) is 0.714. The van der Waals surface area contributed by atoms with E-state index in [0.29, 0.717) is 6.42 Å². The largest absolute Gasteiger partial charge is 0.483 e. The van der Waals surface area contributed by atoms with Gasteiger partial charge in [0.15, 0.2) is 15.3 Å². The minimum absolute atomic E-state index is 0.273. The number of rotatable bonds is 2. The first-order chi connectivity index (χ1) is 5.17. The van der Waals surface area contributed by atoms with Crippen molar-refractivity contribution in [2.75, 3.05) is 5.75 Å². The van der Waals surface area contributed by atoms with E-state index in [1.807, 2.05) is 0 Å². The van der Waals surface area contributed by atoms with Gasteiger partial charge >= 0.3 is 0 Å². The van der Waals surface area contributed by atoms with Crippen molar-refractivity contribution in [3.63, 3.8) is 0 Å². The lowest BCUT2D eigenvalue weighted by molar-refractivity contribution is 0.210. The van der Waals surface area contributed by atoms with Crippen molar-refractivity contribution in [3.05, 3.63) is 12.3 Å². The minimum Gasteiger partial charge on any atom is -0.483 e. The maximum Gasteiger partial charge on any atom is 0.198 e. The second-order valence-corrected chi connectivity index (χ2v) is 4.80. The Kier molecular flexibility index (Phi) is 2.54. The molecule has 0 aromatic heterocycles. The lowest BCUT2D eigenvalue weighted by atomic mass is 10.4. The van der Waals surface area contributed by atoms with Crippen molar-refractivity contribution in [2.24, 2.45) is 0 Å². The Morgan fingerprint density at radius 2 is 2.27 bits per heavy atom. The third kappa shape index (κ3) is 1.96. The maximum atomic E-state index is 11.1. The summed E-state index contributed by atoms with van der Waals surface area (Å²) in [5.41, 5.74) is -0.585. The molecule has 1 atom stereocenters. The number of hydrogen-bond donors (Lipinski definition) is 0. The highest BCUT2D eigenvalue weighted by Gasteiger charge is 2.31. The number of allylic oxidation sites excluding steroid dienone is 1. The molecule has 0 radical (unpaired) electrons. The van der Waals surface area contributed by atoms with Gasteiger partial charge in [-0.25, -0.2) is 8.42 Å². The topological polar surface area (TPSA) is 43.4 Å². The van der Waals surface area contributed by atoms with Gasteiger partial charge in [0.2, 0.25) is 0 Å². The highest BCUT2D eigenvalue weighted by molar-refractivity contribution is 7.92. The summed E-state index contributed by atoms with van der Waals surface area (Å²) in [7, 11) is -2.93. The van der Waals surface area contributed by atoms with Crippen LogP contribution in [0.5, 0.6) is 0 Å². The van der Waals surface area contributed by atoms with E-state index in [9.17, 15) is 8.42 Å². The second-order valence-electron chi connectivity index (χ2n) is 2.54. The molecular formula is C7H12O3S. The molecule has 0 saturated carbocycles. The number of hydrogen-bond acceptors (Lipinski definition) is 3. The van der Waals surface area contributed by atoms with Gasteiger partial charge in [0.05, 0.1) is 12.0 Å². The van der Waals surface area contributed by atoms with Crippen LogP contribution in [-0.2, 0) is 14.6 Å². The predicted molar refractivity (Wildman–Crippen MR) is 42.7 cm³/mol. The molecule has 1 heterocycles. The molecule has 1 aliphatic rings. The van der Waals surface area contributed by atoms with Crippen molar-refractivity contribution >= 4 is 9.84 Å². The molecule has 3 nitrogen and oxygen atoms in total. The Morgan fingerprint density at radius 3 is 2.73 bits per heavy atom. The quantitative estimate of drug-likeness (QED) is 0.591. The Hall–Kier alpha value is -0.510. The molecule has 1 unspecified atom stereocenters. The number of sulfone groups is 1. The average Bonchev–Trinajstić information content (AvgIpc) is 2.25. The SMILES string of the molecule is CC=COC1CCCS1(=O)=O. The van der Waals surface area contributed by atoms with E-state index in [2.05, 4.69) is 0 Å². The average molecular weight is 176 g/mol. The fourth-order valence-corrected chi connectivity index (χ4v) is 2.67. The minimum atomic E-state index is -2.93. The standard InChI is InChI=1S/C7H12O3S/c1-2-5-10-7-4-3-6-11(7,8)9/h2,5,7H,3-4,6H2,1H3. The lowest BCUT2D eigenvalue weighted by Gasteiger charge is -2.07. The van der Waals surface area contributed by atoms with Crippen LogP contribution in [0.3, 0.4) is 0 Å². The van der Waals surface area contributed by atoms with Crippen LogP contribution in [-0.4, -0.2) is 19.6 Å². The summed E-state index contributed by atoms with van der Waals surface area (Å²) in [6.07, 6.45) is 4.48. The van der Waals surface area contributed by atoms with Crippen LogP contribution in [0, 0.1) is 0 Å². The van der Waals surface area contributed by atoms with E-state index in [1.54, 1.807) is 13.0 Å². The number of ether oxygens (including phenoxy) is 1. The molecular weight excluding hydrogens is 164 g/mol. The van der Waals surface area contributed by atoms with E-state index in [1.165, 1.54) is 6.26 Å². The summed E-state index contributed by atoms with van der Waals surface area (Å²) in [6.45, 7) is 1.79. The molecule has 0 aromatic rings. The molecule has 11 heavy (non-hydrogen) atoms. The van der Waals surface area contributed by atoms with Gasteiger partial charge in [-0.2, -0.15) is 0 Å². The molecule has 0 bridgehead atoms. The Morgan fingerprint density at radius 1 is 1.55 bits per heavy atom. The van der Waals surface area contributed by atoms with Crippen molar-refractivity contribution in [3.8, 4) is 0 Å². The van der Waals surface area contributed by atoms with Gasteiger partial charge in [-0.3, -0.25) is 0 Å². The molecule has 1 rings (SSSR count). The Balaban J connectivity index is 2.59. The van der Waals surface area contributed by atoms with Gasteiger partial charge in [-0.1, -0.05) is 6.08 Å². The van der Waals surface area contributed by atoms with Crippen LogP contribution < -0.4 is 0 Å². The predicted octanol–water partition coefficient (Wildman–Crippen LogP) is 1.07. The molecule has 0 N–H and O–H groups in total. The maximum absolute atomic E-state index is 11.1. The Labute approximate surface area is 67.0 Å². The summed E-state index contributed by atoms with van der Waals surface area (Å²) >= 11 is 0.